The van der Waals surface area contributed by atoms with Gasteiger partial charge in [-0.15, -0.1) is 0 Å². The van der Waals surface area contributed by atoms with Gasteiger partial charge in [-0.1, -0.05) is 182 Å². The van der Waals surface area contributed by atoms with Gasteiger partial charge < -0.3 is 9.13 Å². The molecule has 0 unspecified atom stereocenters. The number of hydrogen-bond acceptors (Lipinski definition) is 3. The van der Waals surface area contributed by atoms with Crippen LogP contribution in [0.5, 0.6) is 0 Å². The Bertz CT molecular complexity index is 4320. The van der Waals surface area contributed by atoms with E-state index in [1.165, 1.54) is 48.7 Å². The van der Waals surface area contributed by atoms with Crippen LogP contribution in [0.4, 0.5) is 0 Å². The third kappa shape index (κ3) is 6.06. The fourth-order valence-corrected chi connectivity index (χ4v) is 10.5. The lowest BCUT2D eigenvalue weighted by Gasteiger charge is -2.16. The van der Waals surface area contributed by atoms with Crippen molar-refractivity contribution in [2.24, 2.45) is 0 Å². The van der Waals surface area contributed by atoms with Gasteiger partial charge in [-0.25, -0.2) is 15.0 Å². The molecule has 14 rings (SSSR count). The number of para-hydroxylation sites is 2. The van der Waals surface area contributed by atoms with Gasteiger partial charge >= 0.3 is 0 Å². The highest BCUT2D eigenvalue weighted by atomic mass is 15.1. The minimum absolute atomic E-state index is 0.606. The number of nitrogens with zero attached hydrogens (tertiary/aromatic N) is 5. The van der Waals surface area contributed by atoms with Crippen LogP contribution in [0.15, 0.2) is 237 Å². The fraction of sp³-hybridized carbons (Fsp3) is 0. The molecule has 0 fully saturated rings. The second-order valence-corrected chi connectivity index (χ2v) is 17.6. The average molecular weight is 866 g/mol. The van der Waals surface area contributed by atoms with Gasteiger partial charge in [0.15, 0.2) is 17.5 Å². The van der Waals surface area contributed by atoms with Gasteiger partial charge in [0.2, 0.25) is 0 Å². The van der Waals surface area contributed by atoms with E-state index in [1.54, 1.807) is 0 Å². The van der Waals surface area contributed by atoms with Crippen LogP contribution in [-0.4, -0.2) is 24.1 Å². The van der Waals surface area contributed by atoms with E-state index in [2.05, 4.69) is 221 Å². The third-order valence-electron chi connectivity index (χ3n) is 13.7. The smallest absolute Gasteiger partial charge is 0.166 e. The molecule has 14 aromatic rings. The zero-order valence-corrected chi connectivity index (χ0v) is 36.8. The maximum atomic E-state index is 5.38. The fourth-order valence-electron chi connectivity index (χ4n) is 10.5. The van der Waals surface area contributed by atoms with Crippen molar-refractivity contribution in [3.8, 4) is 56.7 Å². The molecule has 0 aliphatic heterocycles. The lowest BCUT2D eigenvalue weighted by Crippen LogP contribution is -2.04. The van der Waals surface area contributed by atoms with E-state index in [9.17, 15) is 0 Å². The minimum Gasteiger partial charge on any atom is -0.309 e. The highest BCUT2D eigenvalue weighted by molar-refractivity contribution is 6.19. The molecule has 316 valence electrons. The standard InChI is InChI=1S/C63H39N5/c1-3-16-40(17-4-1)43-23-15-24-47(34-43)62-64-61(42-19-5-2-6-20-42)65-63(66-62)55-36-44-21-7-8-22-45(44)38-59(55)68-57-29-14-12-27-52(57)54-37-48-35-49(32-30-46(48)39-58(54)68)67-56-28-13-11-26-51(56)53-33-31-41-18-9-10-25-50(41)60(53)67/h1-39H. The van der Waals surface area contributed by atoms with Gasteiger partial charge in [-0.2, -0.15) is 0 Å². The summed E-state index contributed by atoms with van der Waals surface area (Å²) in [7, 11) is 0. The van der Waals surface area contributed by atoms with Crippen LogP contribution < -0.4 is 0 Å². The lowest BCUT2D eigenvalue weighted by atomic mass is 10.0. The van der Waals surface area contributed by atoms with Gasteiger partial charge in [-0.05, 0) is 92.7 Å². The van der Waals surface area contributed by atoms with Gasteiger partial charge in [0.05, 0.1) is 27.8 Å². The van der Waals surface area contributed by atoms with Crippen LogP contribution in [-0.2, 0) is 0 Å². The number of aromatic nitrogens is 5. The number of fused-ring (bicyclic) bond motifs is 10. The van der Waals surface area contributed by atoms with E-state index >= 15 is 0 Å². The SMILES string of the molecule is c1ccc(-c2cccc(-c3nc(-c4ccccc4)nc(-c4cc5ccccc5cc4-n4c5ccccc5c5cc6cc(-n7c8ccccc8c8ccc9ccccc9c87)ccc6cc54)n3)c2)cc1. The molecule has 0 aliphatic rings. The highest BCUT2D eigenvalue weighted by Crippen LogP contribution is 2.42. The monoisotopic (exact) mass is 865 g/mol. The second-order valence-electron chi connectivity index (χ2n) is 17.6. The Balaban J connectivity index is 1.01. The van der Waals surface area contributed by atoms with Crippen LogP contribution >= 0.6 is 0 Å². The van der Waals surface area contributed by atoms with Crippen molar-refractivity contribution in [1.82, 2.24) is 24.1 Å². The summed E-state index contributed by atoms with van der Waals surface area (Å²) >= 11 is 0. The van der Waals surface area contributed by atoms with E-state index in [-0.39, 0.29) is 0 Å². The zero-order valence-electron chi connectivity index (χ0n) is 36.8. The molecule has 0 N–H and O–H groups in total. The molecule has 3 heterocycles. The number of benzene rings is 11. The Hall–Kier alpha value is -9.19. The predicted molar refractivity (Wildman–Crippen MR) is 283 cm³/mol. The summed E-state index contributed by atoms with van der Waals surface area (Å²) in [5.41, 5.74) is 11.8. The zero-order chi connectivity index (χ0) is 44.7. The molecule has 0 aliphatic carbocycles. The molecular weight excluding hydrogens is 827 g/mol. The quantitative estimate of drug-likeness (QED) is 0.167. The van der Waals surface area contributed by atoms with Gasteiger partial charge in [0.1, 0.15) is 0 Å². The lowest BCUT2D eigenvalue weighted by molar-refractivity contribution is 1.07. The highest BCUT2D eigenvalue weighted by Gasteiger charge is 2.22. The van der Waals surface area contributed by atoms with E-state index in [4.69, 9.17) is 15.0 Å². The molecule has 5 heteroatoms. The molecule has 0 saturated heterocycles. The van der Waals surface area contributed by atoms with Crippen LogP contribution in [0.25, 0.3) is 133 Å². The normalized spacial score (nSPS) is 11.8. The van der Waals surface area contributed by atoms with Crippen molar-refractivity contribution in [3.63, 3.8) is 0 Å². The summed E-state index contributed by atoms with van der Waals surface area (Å²) in [5, 5.41) is 11.9. The Morgan fingerprint density at radius 1 is 0.265 bits per heavy atom. The summed E-state index contributed by atoms with van der Waals surface area (Å²) < 4.78 is 4.87. The predicted octanol–water partition coefficient (Wildman–Crippen LogP) is 16.2. The maximum absolute atomic E-state index is 5.38. The average Bonchev–Trinajstić information content (AvgIpc) is 3.92. The second kappa shape index (κ2) is 15.2. The number of rotatable bonds is 6. The topological polar surface area (TPSA) is 48.5 Å². The van der Waals surface area contributed by atoms with Gasteiger partial charge in [0, 0.05) is 49.3 Å². The first-order valence-electron chi connectivity index (χ1n) is 23.1. The van der Waals surface area contributed by atoms with Crippen molar-refractivity contribution in [3.05, 3.63) is 237 Å². The molecule has 0 atom stereocenters. The van der Waals surface area contributed by atoms with Crippen LogP contribution in [0.2, 0.25) is 0 Å². The first-order valence-corrected chi connectivity index (χ1v) is 23.1. The van der Waals surface area contributed by atoms with Crippen molar-refractivity contribution in [2.45, 2.75) is 0 Å². The first-order chi connectivity index (χ1) is 33.7. The van der Waals surface area contributed by atoms with Crippen molar-refractivity contribution >= 4 is 75.9 Å². The van der Waals surface area contributed by atoms with Crippen molar-refractivity contribution in [1.29, 1.82) is 0 Å². The molecular formula is C63H39N5. The Morgan fingerprint density at radius 3 is 1.60 bits per heavy atom. The van der Waals surface area contributed by atoms with E-state index in [0.29, 0.717) is 17.5 Å². The van der Waals surface area contributed by atoms with Crippen molar-refractivity contribution < 1.29 is 0 Å². The molecule has 68 heavy (non-hydrogen) atoms. The van der Waals surface area contributed by atoms with E-state index < -0.39 is 0 Å². The molecule has 0 radical (unpaired) electrons. The van der Waals surface area contributed by atoms with E-state index in [1.807, 2.05) is 24.3 Å². The summed E-state index contributed by atoms with van der Waals surface area (Å²) in [4.78, 5) is 15.9. The first kappa shape index (κ1) is 38.1. The Morgan fingerprint density at radius 2 is 0.824 bits per heavy atom. The van der Waals surface area contributed by atoms with Crippen LogP contribution in [0.3, 0.4) is 0 Å². The Kier molecular flexibility index (Phi) is 8.52. The maximum Gasteiger partial charge on any atom is 0.166 e. The molecule has 0 spiro atoms. The summed E-state index contributed by atoms with van der Waals surface area (Å²) in [6.07, 6.45) is 0. The molecule has 11 aromatic carbocycles. The van der Waals surface area contributed by atoms with Gasteiger partial charge in [0.25, 0.3) is 0 Å². The van der Waals surface area contributed by atoms with Gasteiger partial charge in [-0.3, -0.25) is 0 Å². The van der Waals surface area contributed by atoms with E-state index in [0.717, 1.165) is 66.4 Å². The molecule has 0 amide bonds. The Labute approximate surface area is 391 Å². The number of hydrogen-bond donors (Lipinski definition) is 0. The minimum atomic E-state index is 0.606. The summed E-state index contributed by atoms with van der Waals surface area (Å²) in [5.74, 6) is 1.84. The summed E-state index contributed by atoms with van der Waals surface area (Å²) in [6.45, 7) is 0. The molecule has 0 bridgehead atoms. The van der Waals surface area contributed by atoms with Crippen LogP contribution in [0, 0.1) is 0 Å². The molecule has 0 saturated carbocycles. The van der Waals surface area contributed by atoms with Crippen molar-refractivity contribution in [2.75, 3.05) is 0 Å². The van der Waals surface area contributed by atoms with Crippen LogP contribution in [0.1, 0.15) is 0 Å². The third-order valence-corrected chi connectivity index (χ3v) is 13.7. The molecule has 3 aromatic heterocycles. The summed E-state index contributed by atoms with van der Waals surface area (Å²) in [6, 6.07) is 84.7. The largest absolute Gasteiger partial charge is 0.309 e. The molecule has 5 nitrogen and oxygen atoms in total.